The zero-order valence-corrected chi connectivity index (χ0v) is 14.5. The van der Waals surface area contributed by atoms with Crippen molar-refractivity contribution >= 4 is 49.7 Å². The second kappa shape index (κ2) is 7.34. The number of hydrazone groups is 1. The van der Waals surface area contributed by atoms with Gasteiger partial charge in [0.15, 0.2) is 0 Å². The molecule has 0 aromatic heterocycles. The number of nitro benzene ring substituents is 1. The Morgan fingerprint density at radius 1 is 1.26 bits per heavy atom. The van der Waals surface area contributed by atoms with Gasteiger partial charge in [-0.25, -0.2) is 5.43 Å². The summed E-state index contributed by atoms with van der Waals surface area (Å²) in [5.41, 5.74) is 2.55. The number of carbonyl (C=O) groups excluding carboxylic acids is 1. The fraction of sp³-hybridized carbons (Fsp3) is 0. The Morgan fingerprint density at radius 3 is 2.61 bits per heavy atom. The topological polar surface area (TPSA) is 105 Å². The minimum atomic E-state index is -0.596. The molecular formula is C14H9Br2N3O4. The van der Waals surface area contributed by atoms with Gasteiger partial charge in [-0.1, -0.05) is 12.1 Å². The molecule has 0 bridgehead atoms. The monoisotopic (exact) mass is 441 g/mol. The van der Waals surface area contributed by atoms with Crippen LogP contribution >= 0.6 is 31.9 Å². The summed E-state index contributed by atoms with van der Waals surface area (Å²) in [6.45, 7) is 0. The van der Waals surface area contributed by atoms with Gasteiger partial charge in [-0.05, 0) is 44.0 Å². The maximum Gasteiger partial charge on any atom is 0.272 e. The van der Waals surface area contributed by atoms with Gasteiger partial charge in [0.05, 0.1) is 21.2 Å². The maximum absolute atomic E-state index is 11.9. The predicted molar refractivity (Wildman–Crippen MR) is 91.7 cm³/mol. The zero-order valence-electron chi connectivity index (χ0n) is 11.4. The molecule has 0 saturated carbocycles. The Morgan fingerprint density at radius 2 is 1.96 bits per heavy atom. The fourth-order valence-corrected chi connectivity index (χ4v) is 2.60. The first-order valence-corrected chi connectivity index (χ1v) is 7.73. The first-order valence-electron chi connectivity index (χ1n) is 6.15. The standard InChI is InChI=1S/C14H9Br2N3O4/c15-11-4-2-1-3-10(11)14(21)18-17-7-8-5-9(19(22)23)6-12(16)13(8)20/h1-7,20H,(H,18,21)/b17-7+. The van der Waals surface area contributed by atoms with Crippen LogP contribution in [-0.2, 0) is 0 Å². The van der Waals surface area contributed by atoms with Crippen molar-refractivity contribution in [3.8, 4) is 5.75 Å². The summed E-state index contributed by atoms with van der Waals surface area (Å²) in [6.07, 6.45) is 1.13. The number of phenolic OH excluding ortho intramolecular Hbond substituents is 1. The highest BCUT2D eigenvalue weighted by molar-refractivity contribution is 9.10. The largest absolute Gasteiger partial charge is 0.506 e. The third-order valence-electron chi connectivity index (χ3n) is 2.78. The molecule has 118 valence electrons. The summed E-state index contributed by atoms with van der Waals surface area (Å²) < 4.78 is 0.763. The van der Waals surface area contributed by atoms with E-state index in [4.69, 9.17) is 0 Å². The molecule has 0 aliphatic carbocycles. The van der Waals surface area contributed by atoms with Crippen molar-refractivity contribution in [3.05, 3.63) is 66.6 Å². The van der Waals surface area contributed by atoms with Crippen molar-refractivity contribution in [1.29, 1.82) is 0 Å². The number of nitrogens with one attached hydrogen (secondary N) is 1. The van der Waals surface area contributed by atoms with Gasteiger partial charge >= 0.3 is 0 Å². The lowest BCUT2D eigenvalue weighted by molar-refractivity contribution is -0.385. The number of hydrogen-bond donors (Lipinski definition) is 2. The van der Waals surface area contributed by atoms with Gasteiger partial charge in [-0.3, -0.25) is 14.9 Å². The molecule has 2 aromatic rings. The quantitative estimate of drug-likeness (QED) is 0.428. The van der Waals surface area contributed by atoms with Gasteiger partial charge in [0.25, 0.3) is 11.6 Å². The molecule has 1 amide bonds. The van der Waals surface area contributed by atoms with Gasteiger partial charge in [0.1, 0.15) is 5.75 Å². The summed E-state index contributed by atoms with van der Waals surface area (Å²) in [5.74, 6) is -0.674. The van der Waals surface area contributed by atoms with E-state index < -0.39 is 10.8 Å². The third-order valence-corrected chi connectivity index (χ3v) is 4.07. The Balaban J connectivity index is 2.19. The Hall–Kier alpha value is -2.26. The van der Waals surface area contributed by atoms with E-state index in [1.54, 1.807) is 24.3 Å². The molecule has 9 heteroatoms. The van der Waals surface area contributed by atoms with Crippen molar-refractivity contribution in [3.63, 3.8) is 0 Å². The average molecular weight is 443 g/mol. The molecule has 0 radical (unpaired) electrons. The van der Waals surface area contributed by atoms with Gasteiger partial charge in [-0.15, -0.1) is 0 Å². The van der Waals surface area contributed by atoms with Crippen molar-refractivity contribution in [2.45, 2.75) is 0 Å². The maximum atomic E-state index is 11.9. The van der Waals surface area contributed by atoms with Crippen LogP contribution in [0.1, 0.15) is 15.9 Å². The van der Waals surface area contributed by atoms with Crippen LogP contribution in [0.15, 0.2) is 50.4 Å². The second-order valence-corrected chi connectivity index (χ2v) is 6.01. The Labute approximate surface area is 147 Å². The fourth-order valence-electron chi connectivity index (χ4n) is 1.68. The molecule has 2 rings (SSSR count). The Kier molecular flexibility index (Phi) is 5.45. The van der Waals surface area contributed by atoms with E-state index in [1.165, 1.54) is 6.07 Å². The molecule has 0 heterocycles. The van der Waals surface area contributed by atoms with E-state index in [1.807, 2.05) is 0 Å². The first kappa shape index (κ1) is 17.1. The number of rotatable bonds is 4. The summed E-state index contributed by atoms with van der Waals surface area (Å²) in [5, 5.41) is 24.4. The first-order chi connectivity index (χ1) is 10.9. The summed E-state index contributed by atoms with van der Waals surface area (Å²) in [6, 6.07) is 9.11. The molecule has 0 saturated heterocycles. The van der Waals surface area contributed by atoms with Crippen LogP contribution in [0.4, 0.5) is 5.69 Å². The molecule has 0 atom stereocenters. The minimum Gasteiger partial charge on any atom is -0.506 e. The molecule has 0 aliphatic heterocycles. The Bertz CT molecular complexity index is 809. The number of phenols is 1. The smallest absolute Gasteiger partial charge is 0.272 e. The molecule has 0 fully saturated rings. The van der Waals surface area contributed by atoms with Crippen LogP contribution in [-0.4, -0.2) is 22.2 Å². The van der Waals surface area contributed by atoms with Gasteiger partial charge in [-0.2, -0.15) is 5.10 Å². The number of halogens is 2. The van der Waals surface area contributed by atoms with Crippen LogP contribution < -0.4 is 5.43 Å². The van der Waals surface area contributed by atoms with Crippen LogP contribution in [0.5, 0.6) is 5.75 Å². The summed E-state index contributed by atoms with van der Waals surface area (Å²) >= 11 is 6.27. The SMILES string of the molecule is O=C(N/N=C/c1cc([N+](=O)[O-])cc(Br)c1O)c1ccccc1Br. The summed E-state index contributed by atoms with van der Waals surface area (Å²) in [7, 11) is 0. The molecule has 0 unspecified atom stereocenters. The van der Waals surface area contributed by atoms with E-state index >= 15 is 0 Å². The van der Waals surface area contributed by atoms with E-state index in [0.717, 1.165) is 12.3 Å². The van der Waals surface area contributed by atoms with Gasteiger partial charge < -0.3 is 5.11 Å². The number of benzene rings is 2. The highest BCUT2D eigenvalue weighted by atomic mass is 79.9. The number of nitro groups is 1. The van der Waals surface area contributed by atoms with Crippen LogP contribution in [0.2, 0.25) is 0 Å². The normalized spacial score (nSPS) is 10.7. The third kappa shape index (κ3) is 4.14. The molecule has 0 spiro atoms. The van der Waals surface area contributed by atoms with Crippen LogP contribution in [0.3, 0.4) is 0 Å². The highest BCUT2D eigenvalue weighted by Gasteiger charge is 2.14. The van der Waals surface area contributed by atoms with E-state index in [2.05, 4.69) is 42.4 Å². The lowest BCUT2D eigenvalue weighted by Crippen LogP contribution is -2.18. The number of carbonyl (C=O) groups is 1. The second-order valence-electron chi connectivity index (χ2n) is 4.30. The number of nitrogens with zero attached hydrogens (tertiary/aromatic N) is 2. The molecule has 23 heavy (non-hydrogen) atoms. The summed E-state index contributed by atoms with van der Waals surface area (Å²) in [4.78, 5) is 22.2. The molecule has 0 aliphatic rings. The van der Waals surface area contributed by atoms with Crippen LogP contribution in [0, 0.1) is 10.1 Å². The van der Waals surface area contributed by atoms with Crippen molar-refractivity contribution in [2.75, 3.05) is 0 Å². The number of aromatic hydroxyl groups is 1. The number of amides is 1. The van der Waals surface area contributed by atoms with Crippen molar-refractivity contribution in [2.24, 2.45) is 5.10 Å². The van der Waals surface area contributed by atoms with Crippen LogP contribution in [0.25, 0.3) is 0 Å². The molecule has 2 aromatic carbocycles. The molecule has 7 nitrogen and oxygen atoms in total. The average Bonchev–Trinajstić information content (AvgIpc) is 2.51. The molecular weight excluding hydrogens is 434 g/mol. The lowest BCUT2D eigenvalue weighted by atomic mass is 10.2. The van der Waals surface area contributed by atoms with Crippen molar-refractivity contribution < 1.29 is 14.8 Å². The van der Waals surface area contributed by atoms with E-state index in [0.29, 0.717) is 10.0 Å². The van der Waals surface area contributed by atoms with E-state index in [9.17, 15) is 20.0 Å². The van der Waals surface area contributed by atoms with Gasteiger partial charge in [0, 0.05) is 22.2 Å². The molecule has 2 N–H and O–H groups in total. The van der Waals surface area contributed by atoms with E-state index in [-0.39, 0.29) is 21.5 Å². The minimum absolute atomic E-state index is 0.0958. The zero-order chi connectivity index (χ0) is 17.0. The number of hydrogen-bond acceptors (Lipinski definition) is 5. The lowest BCUT2D eigenvalue weighted by Gasteiger charge is -2.03. The highest BCUT2D eigenvalue weighted by Crippen LogP contribution is 2.31. The predicted octanol–water partition coefficient (Wildman–Crippen LogP) is 3.59. The van der Waals surface area contributed by atoms with Crippen molar-refractivity contribution in [1.82, 2.24) is 5.43 Å². The number of non-ortho nitro benzene ring substituents is 1. The van der Waals surface area contributed by atoms with Gasteiger partial charge in [0.2, 0.25) is 0 Å².